The number of esters is 1. The first-order valence-corrected chi connectivity index (χ1v) is 5.78. The van der Waals surface area contributed by atoms with Gasteiger partial charge in [0.2, 0.25) is 0 Å². The van der Waals surface area contributed by atoms with Crippen molar-refractivity contribution in [3.63, 3.8) is 0 Å². The van der Waals surface area contributed by atoms with Crippen LogP contribution in [0.3, 0.4) is 0 Å². The van der Waals surface area contributed by atoms with E-state index in [9.17, 15) is 9.59 Å². The second-order valence-electron chi connectivity index (χ2n) is 3.88. The highest BCUT2D eigenvalue weighted by molar-refractivity contribution is 6.13. The maximum atomic E-state index is 11.9. The summed E-state index contributed by atoms with van der Waals surface area (Å²) in [6.07, 6.45) is 1.34. The third kappa shape index (κ3) is 2.56. The number of hydrogen-bond donors (Lipinski definition) is 0. The van der Waals surface area contributed by atoms with Crippen LogP contribution in [0.25, 0.3) is 0 Å². The molecule has 0 aliphatic carbocycles. The van der Waals surface area contributed by atoms with E-state index in [0.29, 0.717) is 6.54 Å². The van der Waals surface area contributed by atoms with E-state index in [1.54, 1.807) is 6.92 Å². The van der Waals surface area contributed by atoms with Crippen molar-refractivity contribution in [3.05, 3.63) is 35.9 Å². The van der Waals surface area contributed by atoms with Crippen molar-refractivity contribution in [1.82, 2.24) is 5.01 Å². The molecule has 0 radical (unpaired) electrons. The van der Waals surface area contributed by atoms with Crippen LogP contribution in [0.5, 0.6) is 0 Å². The summed E-state index contributed by atoms with van der Waals surface area (Å²) in [4.78, 5) is 23.4. The molecule has 5 heteroatoms. The van der Waals surface area contributed by atoms with Crippen LogP contribution in [0.2, 0.25) is 0 Å². The second kappa shape index (κ2) is 5.44. The molecular weight excluding hydrogens is 232 g/mol. The third-order valence-electron chi connectivity index (χ3n) is 2.59. The van der Waals surface area contributed by atoms with Crippen molar-refractivity contribution >= 4 is 18.1 Å². The molecule has 1 amide bonds. The van der Waals surface area contributed by atoms with Crippen molar-refractivity contribution in [1.29, 1.82) is 0 Å². The van der Waals surface area contributed by atoms with Gasteiger partial charge in [0, 0.05) is 6.21 Å². The minimum Gasteiger partial charge on any atom is -0.465 e. The summed E-state index contributed by atoms with van der Waals surface area (Å²) in [7, 11) is 0. The van der Waals surface area contributed by atoms with E-state index >= 15 is 0 Å². The number of carbonyl (C=O) groups is 2. The fourth-order valence-corrected chi connectivity index (χ4v) is 1.70. The van der Waals surface area contributed by atoms with Gasteiger partial charge in [-0.3, -0.25) is 9.59 Å². The Hall–Kier alpha value is -2.17. The van der Waals surface area contributed by atoms with Crippen LogP contribution < -0.4 is 0 Å². The fourth-order valence-electron chi connectivity index (χ4n) is 1.70. The second-order valence-corrected chi connectivity index (χ2v) is 3.88. The number of carbonyl (C=O) groups excluding carboxylic acids is 2. The smallest absolute Gasteiger partial charge is 0.324 e. The Bertz CT molecular complexity index is 470. The molecule has 1 aromatic carbocycles. The van der Waals surface area contributed by atoms with Crippen molar-refractivity contribution in [2.75, 3.05) is 6.61 Å². The van der Waals surface area contributed by atoms with Crippen LogP contribution in [0.4, 0.5) is 0 Å². The van der Waals surface area contributed by atoms with Gasteiger partial charge in [-0.15, -0.1) is 0 Å². The molecule has 0 saturated carbocycles. The third-order valence-corrected chi connectivity index (χ3v) is 2.59. The highest BCUT2D eigenvalue weighted by Crippen LogP contribution is 2.15. The minimum atomic E-state index is -0.895. The zero-order chi connectivity index (χ0) is 13.0. The van der Waals surface area contributed by atoms with Gasteiger partial charge in [-0.25, -0.2) is 5.01 Å². The molecule has 0 N–H and O–H groups in total. The van der Waals surface area contributed by atoms with Gasteiger partial charge in [-0.2, -0.15) is 5.10 Å². The van der Waals surface area contributed by atoms with Gasteiger partial charge < -0.3 is 4.74 Å². The van der Waals surface area contributed by atoms with Gasteiger partial charge in [0.05, 0.1) is 13.2 Å². The van der Waals surface area contributed by atoms with E-state index in [1.165, 1.54) is 11.2 Å². The van der Waals surface area contributed by atoms with Crippen molar-refractivity contribution in [3.8, 4) is 0 Å². The Labute approximate surface area is 105 Å². The molecule has 1 heterocycles. The van der Waals surface area contributed by atoms with Gasteiger partial charge in [0.15, 0.2) is 5.92 Å². The van der Waals surface area contributed by atoms with Crippen LogP contribution in [0, 0.1) is 5.92 Å². The number of amides is 1. The maximum absolute atomic E-state index is 11.9. The van der Waals surface area contributed by atoms with Gasteiger partial charge in [0.25, 0.3) is 5.91 Å². The lowest BCUT2D eigenvalue weighted by atomic mass is 10.1. The molecule has 0 bridgehead atoms. The van der Waals surface area contributed by atoms with E-state index in [0.717, 1.165) is 5.56 Å². The molecule has 1 atom stereocenters. The lowest BCUT2D eigenvalue weighted by molar-refractivity contribution is -0.151. The van der Waals surface area contributed by atoms with Crippen LogP contribution >= 0.6 is 0 Å². The Morgan fingerprint density at radius 2 is 2.11 bits per heavy atom. The van der Waals surface area contributed by atoms with Crippen LogP contribution in [-0.2, 0) is 20.9 Å². The first kappa shape index (κ1) is 12.3. The maximum Gasteiger partial charge on any atom is 0.324 e. The Balaban J connectivity index is 2.00. The fraction of sp³-hybridized carbons (Fsp3) is 0.308. The van der Waals surface area contributed by atoms with Crippen molar-refractivity contribution < 1.29 is 14.3 Å². The standard InChI is InChI=1S/C13H14N2O3/c1-2-18-13(17)11-8-14-15(12(11)16)9-10-6-4-3-5-7-10/h3-8,11H,2,9H2,1H3. The molecule has 2 rings (SSSR count). The molecule has 5 nitrogen and oxygen atoms in total. The molecule has 94 valence electrons. The molecule has 0 aromatic heterocycles. The first-order chi connectivity index (χ1) is 8.72. The van der Waals surface area contributed by atoms with Gasteiger partial charge in [-0.1, -0.05) is 30.3 Å². The molecule has 0 fully saturated rings. The Morgan fingerprint density at radius 3 is 2.78 bits per heavy atom. The number of hydrogen-bond acceptors (Lipinski definition) is 4. The largest absolute Gasteiger partial charge is 0.465 e. The van der Waals surface area contributed by atoms with E-state index < -0.39 is 11.9 Å². The average molecular weight is 246 g/mol. The van der Waals surface area contributed by atoms with Crippen molar-refractivity contribution in [2.45, 2.75) is 13.5 Å². The number of hydrazone groups is 1. The summed E-state index contributed by atoms with van der Waals surface area (Å²) in [5.41, 5.74) is 0.965. The van der Waals surface area contributed by atoms with Crippen LogP contribution in [0.15, 0.2) is 35.4 Å². The quantitative estimate of drug-likeness (QED) is 0.592. The summed E-state index contributed by atoms with van der Waals surface area (Å²) in [6.45, 7) is 2.33. The number of rotatable bonds is 4. The molecule has 0 spiro atoms. The summed E-state index contributed by atoms with van der Waals surface area (Å²) in [5.74, 6) is -1.77. The molecule has 1 aliphatic heterocycles. The van der Waals surface area contributed by atoms with Crippen LogP contribution in [0.1, 0.15) is 12.5 Å². The summed E-state index contributed by atoms with van der Waals surface area (Å²) >= 11 is 0. The lowest BCUT2D eigenvalue weighted by Crippen LogP contribution is -2.31. The van der Waals surface area contributed by atoms with E-state index in [1.807, 2.05) is 30.3 Å². The first-order valence-electron chi connectivity index (χ1n) is 5.78. The number of ether oxygens (including phenoxy) is 1. The topological polar surface area (TPSA) is 59.0 Å². The highest BCUT2D eigenvalue weighted by Gasteiger charge is 2.35. The summed E-state index contributed by atoms with van der Waals surface area (Å²) in [5, 5.41) is 5.24. The highest BCUT2D eigenvalue weighted by atomic mass is 16.5. The summed E-state index contributed by atoms with van der Waals surface area (Å²) < 4.78 is 4.82. The predicted octanol–water partition coefficient (Wildman–Crippen LogP) is 1.19. The molecule has 0 saturated heterocycles. The zero-order valence-corrected chi connectivity index (χ0v) is 10.1. The van der Waals surface area contributed by atoms with E-state index in [2.05, 4.69) is 5.10 Å². The van der Waals surface area contributed by atoms with Gasteiger partial charge in [-0.05, 0) is 12.5 Å². The average Bonchev–Trinajstić information content (AvgIpc) is 2.73. The SMILES string of the molecule is CCOC(=O)C1C=NN(Cc2ccccc2)C1=O. The van der Waals surface area contributed by atoms with Crippen molar-refractivity contribution in [2.24, 2.45) is 11.0 Å². The lowest BCUT2D eigenvalue weighted by Gasteiger charge is -2.13. The number of benzene rings is 1. The van der Waals surface area contributed by atoms with E-state index in [-0.39, 0.29) is 12.5 Å². The molecular formula is C13H14N2O3. The van der Waals surface area contributed by atoms with Crippen LogP contribution in [-0.4, -0.2) is 29.7 Å². The zero-order valence-electron chi connectivity index (χ0n) is 10.1. The minimum absolute atomic E-state index is 0.259. The molecule has 1 unspecified atom stereocenters. The monoisotopic (exact) mass is 246 g/mol. The molecule has 1 aromatic rings. The number of nitrogens with zero attached hydrogens (tertiary/aromatic N) is 2. The summed E-state index contributed by atoms with van der Waals surface area (Å²) in [6, 6.07) is 9.49. The molecule has 1 aliphatic rings. The van der Waals surface area contributed by atoms with E-state index in [4.69, 9.17) is 4.74 Å². The van der Waals surface area contributed by atoms with Gasteiger partial charge >= 0.3 is 5.97 Å². The normalized spacial score (nSPS) is 18.2. The van der Waals surface area contributed by atoms with Gasteiger partial charge in [0.1, 0.15) is 0 Å². The molecule has 18 heavy (non-hydrogen) atoms. The Morgan fingerprint density at radius 1 is 1.39 bits per heavy atom. The predicted molar refractivity (Wildman–Crippen MR) is 65.6 cm³/mol. The Kier molecular flexibility index (Phi) is 3.72.